The summed E-state index contributed by atoms with van der Waals surface area (Å²) in [5, 5.41) is 10.8. The van der Waals surface area contributed by atoms with Gasteiger partial charge < -0.3 is 10.8 Å². The van der Waals surface area contributed by atoms with E-state index in [1.165, 1.54) is 12.8 Å². The van der Waals surface area contributed by atoms with Crippen LogP contribution < -0.4 is 5.73 Å². The Morgan fingerprint density at radius 2 is 1.94 bits per heavy atom. The fourth-order valence-corrected chi connectivity index (χ4v) is 3.15. The molecule has 0 amide bonds. The largest absolute Gasteiger partial charge is 0.388 e. The molecule has 0 spiro atoms. The molecule has 0 radical (unpaired) electrons. The lowest BCUT2D eigenvalue weighted by Crippen LogP contribution is -2.40. The van der Waals surface area contributed by atoms with Gasteiger partial charge in [0.25, 0.3) is 0 Å². The van der Waals surface area contributed by atoms with Gasteiger partial charge >= 0.3 is 0 Å². The standard InChI is InChI=1S/C16H25NO/c1-12-7-9-16(11-17,10-8-12)15(18)14-6-4-3-5-13(14)2/h3-6,12,15,18H,7-11,17H2,1-2H3. The molecule has 3 N–H and O–H groups in total. The molecule has 0 heterocycles. The predicted molar refractivity (Wildman–Crippen MR) is 75.3 cm³/mol. The van der Waals surface area contributed by atoms with Gasteiger partial charge in [-0.25, -0.2) is 0 Å². The van der Waals surface area contributed by atoms with Crippen molar-refractivity contribution < 1.29 is 5.11 Å². The van der Waals surface area contributed by atoms with E-state index >= 15 is 0 Å². The molecule has 0 saturated heterocycles. The van der Waals surface area contributed by atoms with Crippen molar-refractivity contribution in [2.75, 3.05) is 6.54 Å². The SMILES string of the molecule is Cc1ccccc1C(O)C1(CN)CCC(C)CC1. The van der Waals surface area contributed by atoms with Crippen molar-refractivity contribution >= 4 is 0 Å². The van der Waals surface area contributed by atoms with Crippen LogP contribution in [0.25, 0.3) is 0 Å². The Labute approximate surface area is 110 Å². The van der Waals surface area contributed by atoms with Gasteiger partial charge in [0.1, 0.15) is 0 Å². The van der Waals surface area contributed by atoms with E-state index in [1.807, 2.05) is 18.2 Å². The van der Waals surface area contributed by atoms with Crippen molar-refractivity contribution in [1.29, 1.82) is 0 Å². The van der Waals surface area contributed by atoms with Crippen LogP contribution in [0.1, 0.15) is 49.8 Å². The normalized spacial score (nSPS) is 30.1. The molecular formula is C16H25NO. The van der Waals surface area contributed by atoms with Gasteiger partial charge in [-0.2, -0.15) is 0 Å². The highest BCUT2D eigenvalue weighted by Gasteiger charge is 2.40. The predicted octanol–water partition coefficient (Wildman–Crippen LogP) is 3.18. The molecule has 1 saturated carbocycles. The average molecular weight is 247 g/mol. The number of aliphatic hydroxyl groups is 1. The number of rotatable bonds is 3. The van der Waals surface area contributed by atoms with E-state index in [1.54, 1.807) is 0 Å². The lowest BCUT2D eigenvalue weighted by molar-refractivity contribution is -0.00854. The molecule has 2 nitrogen and oxygen atoms in total. The first kappa shape index (κ1) is 13.6. The van der Waals surface area contributed by atoms with Gasteiger partial charge in [-0.3, -0.25) is 0 Å². The number of aryl methyl sites for hydroxylation is 1. The summed E-state index contributed by atoms with van der Waals surface area (Å²) in [6.07, 6.45) is 4.02. The van der Waals surface area contributed by atoms with E-state index < -0.39 is 6.10 Å². The van der Waals surface area contributed by atoms with E-state index in [0.717, 1.165) is 29.9 Å². The van der Waals surface area contributed by atoms with Crippen LogP contribution in [-0.2, 0) is 0 Å². The minimum absolute atomic E-state index is 0.112. The van der Waals surface area contributed by atoms with Crippen molar-refractivity contribution in [2.45, 2.75) is 45.6 Å². The van der Waals surface area contributed by atoms with Gasteiger partial charge in [0.15, 0.2) is 0 Å². The van der Waals surface area contributed by atoms with E-state index in [2.05, 4.69) is 19.9 Å². The Morgan fingerprint density at radius 1 is 1.33 bits per heavy atom. The molecule has 2 heteroatoms. The summed E-state index contributed by atoms with van der Waals surface area (Å²) < 4.78 is 0. The number of hydrogen-bond acceptors (Lipinski definition) is 2. The molecular weight excluding hydrogens is 222 g/mol. The van der Waals surface area contributed by atoms with Crippen molar-refractivity contribution in [3.05, 3.63) is 35.4 Å². The number of aliphatic hydroxyl groups excluding tert-OH is 1. The molecule has 1 unspecified atom stereocenters. The van der Waals surface area contributed by atoms with Gasteiger partial charge in [-0.1, -0.05) is 44.0 Å². The third-order valence-electron chi connectivity index (χ3n) is 4.74. The fourth-order valence-electron chi connectivity index (χ4n) is 3.15. The second-order valence-electron chi connectivity index (χ2n) is 6.01. The summed E-state index contributed by atoms with van der Waals surface area (Å²) >= 11 is 0. The zero-order chi connectivity index (χ0) is 13.2. The zero-order valence-corrected chi connectivity index (χ0v) is 11.5. The smallest absolute Gasteiger partial charge is 0.0860 e. The lowest BCUT2D eigenvalue weighted by Gasteiger charge is -2.42. The number of hydrogen-bond donors (Lipinski definition) is 2. The maximum absolute atomic E-state index is 10.8. The second kappa shape index (κ2) is 5.41. The Balaban J connectivity index is 2.25. The molecule has 1 fully saturated rings. The fraction of sp³-hybridized carbons (Fsp3) is 0.625. The van der Waals surface area contributed by atoms with Gasteiger partial charge in [-0.15, -0.1) is 0 Å². The first-order valence-corrected chi connectivity index (χ1v) is 7.03. The van der Waals surface area contributed by atoms with Gasteiger partial charge in [-0.05, 0) is 36.8 Å². The zero-order valence-electron chi connectivity index (χ0n) is 11.5. The first-order valence-electron chi connectivity index (χ1n) is 7.03. The quantitative estimate of drug-likeness (QED) is 0.861. The van der Waals surface area contributed by atoms with Crippen molar-refractivity contribution in [1.82, 2.24) is 0 Å². The van der Waals surface area contributed by atoms with Gasteiger partial charge in [0, 0.05) is 12.0 Å². The molecule has 100 valence electrons. The van der Waals surface area contributed by atoms with Crippen LogP contribution in [0.3, 0.4) is 0 Å². The highest BCUT2D eigenvalue weighted by atomic mass is 16.3. The van der Waals surface area contributed by atoms with Gasteiger partial charge in [0.05, 0.1) is 6.10 Å². The Kier molecular flexibility index (Phi) is 4.08. The maximum atomic E-state index is 10.8. The monoisotopic (exact) mass is 247 g/mol. The topological polar surface area (TPSA) is 46.2 Å². The van der Waals surface area contributed by atoms with Crippen molar-refractivity contribution in [2.24, 2.45) is 17.1 Å². The average Bonchev–Trinajstić information content (AvgIpc) is 2.40. The van der Waals surface area contributed by atoms with Crippen molar-refractivity contribution in [3.63, 3.8) is 0 Å². The van der Waals surface area contributed by atoms with E-state index in [-0.39, 0.29) is 5.41 Å². The Morgan fingerprint density at radius 3 is 2.50 bits per heavy atom. The molecule has 1 aliphatic rings. The number of nitrogens with two attached hydrogens (primary N) is 1. The minimum Gasteiger partial charge on any atom is -0.388 e. The highest BCUT2D eigenvalue weighted by molar-refractivity contribution is 5.29. The molecule has 1 atom stereocenters. The summed E-state index contributed by atoms with van der Waals surface area (Å²) in [5.41, 5.74) is 8.12. The second-order valence-corrected chi connectivity index (χ2v) is 6.01. The van der Waals surface area contributed by atoms with Crippen LogP contribution in [0.2, 0.25) is 0 Å². The van der Waals surface area contributed by atoms with Crippen molar-refractivity contribution in [3.8, 4) is 0 Å². The molecule has 0 aliphatic heterocycles. The molecule has 18 heavy (non-hydrogen) atoms. The van der Waals surface area contributed by atoms with E-state index in [0.29, 0.717) is 6.54 Å². The summed E-state index contributed by atoms with van der Waals surface area (Å²) in [4.78, 5) is 0. The summed E-state index contributed by atoms with van der Waals surface area (Å²) in [5.74, 6) is 0.772. The molecule has 0 bridgehead atoms. The van der Waals surface area contributed by atoms with Crippen LogP contribution in [0.15, 0.2) is 24.3 Å². The molecule has 0 aromatic heterocycles. The van der Waals surface area contributed by atoms with Crippen LogP contribution in [0.4, 0.5) is 0 Å². The number of benzene rings is 1. The molecule has 1 aliphatic carbocycles. The first-order chi connectivity index (χ1) is 8.59. The highest BCUT2D eigenvalue weighted by Crippen LogP contribution is 2.47. The Bertz CT molecular complexity index is 394. The maximum Gasteiger partial charge on any atom is 0.0860 e. The third kappa shape index (κ3) is 2.45. The molecule has 1 aromatic carbocycles. The summed E-state index contributed by atoms with van der Waals surface area (Å²) in [6, 6.07) is 8.12. The van der Waals surface area contributed by atoms with Crippen LogP contribution in [0.5, 0.6) is 0 Å². The summed E-state index contributed by atoms with van der Waals surface area (Å²) in [6.45, 7) is 4.93. The van der Waals surface area contributed by atoms with E-state index in [9.17, 15) is 5.11 Å². The summed E-state index contributed by atoms with van der Waals surface area (Å²) in [7, 11) is 0. The van der Waals surface area contributed by atoms with Crippen LogP contribution in [-0.4, -0.2) is 11.7 Å². The van der Waals surface area contributed by atoms with E-state index in [4.69, 9.17) is 5.73 Å². The van der Waals surface area contributed by atoms with Crippen LogP contribution >= 0.6 is 0 Å². The Hall–Kier alpha value is -0.860. The lowest BCUT2D eigenvalue weighted by atomic mass is 9.66. The minimum atomic E-state index is -0.420. The van der Waals surface area contributed by atoms with Crippen LogP contribution in [0, 0.1) is 18.3 Å². The molecule has 2 rings (SSSR count). The van der Waals surface area contributed by atoms with Gasteiger partial charge in [0.2, 0.25) is 0 Å². The molecule has 1 aromatic rings. The third-order valence-corrected chi connectivity index (χ3v) is 4.74.